The largest absolute Gasteiger partial charge is 0.394 e. The van der Waals surface area contributed by atoms with Crippen LogP contribution in [-0.2, 0) is 52.2 Å². The minimum Gasteiger partial charge on any atom is -0.394 e. The van der Waals surface area contributed by atoms with E-state index in [-0.39, 0.29) is 47.4 Å². The summed E-state index contributed by atoms with van der Waals surface area (Å²) in [6.45, 7) is 11.9. The van der Waals surface area contributed by atoms with E-state index in [9.17, 15) is 86.8 Å². The van der Waals surface area contributed by atoms with Gasteiger partial charge >= 0.3 is 0 Å². The summed E-state index contributed by atoms with van der Waals surface area (Å²) in [4.78, 5) is 15.6. The van der Waals surface area contributed by atoms with E-state index in [0.29, 0.717) is 44.9 Å². The smallest absolute Gasteiger partial charge is 0.187 e. The van der Waals surface area contributed by atoms with Crippen molar-refractivity contribution in [3.8, 4) is 0 Å². The second kappa shape index (κ2) is 25.8. The van der Waals surface area contributed by atoms with Gasteiger partial charge in [0, 0.05) is 11.8 Å². The number of allylic oxidation sites excluding steroid dienone is 2. The molecule has 5 aliphatic carbocycles. The van der Waals surface area contributed by atoms with E-state index in [0.717, 1.165) is 6.42 Å². The third kappa shape index (κ3) is 11.7. The summed E-state index contributed by atoms with van der Waals surface area (Å²) in [5.74, 6) is -0.255. The Morgan fingerprint density at radius 1 is 0.477 bits per heavy atom. The lowest BCUT2D eigenvalue weighted by molar-refractivity contribution is -0.382. The van der Waals surface area contributed by atoms with Crippen molar-refractivity contribution in [2.45, 2.75) is 266 Å². The molecule has 4 unspecified atom stereocenters. The highest BCUT2D eigenvalue weighted by atomic mass is 16.8. The second-order valence-electron chi connectivity index (χ2n) is 29.2. The Labute approximate surface area is 510 Å². The van der Waals surface area contributed by atoms with Crippen LogP contribution in [0.15, 0.2) is 11.6 Å². The molecule has 5 heterocycles. The van der Waals surface area contributed by atoms with Gasteiger partial charge in [-0.25, -0.2) is 0 Å². The molecule has 17 N–H and O–H groups in total. The van der Waals surface area contributed by atoms with Crippen molar-refractivity contribution >= 4 is 5.78 Å². The first-order valence-electron chi connectivity index (χ1n) is 31.3. The molecule has 0 amide bonds. The number of aliphatic hydroxyl groups excluding tert-OH is 17. The Kier molecular flexibility index (Phi) is 20.3. The fourth-order valence-corrected chi connectivity index (χ4v) is 17.7. The predicted molar refractivity (Wildman–Crippen MR) is 296 cm³/mol. The fourth-order valence-electron chi connectivity index (χ4n) is 17.7. The van der Waals surface area contributed by atoms with E-state index in [4.69, 9.17) is 47.4 Å². The van der Waals surface area contributed by atoms with Crippen LogP contribution in [0.5, 0.6) is 0 Å². The topological polar surface area (TPSA) is 453 Å². The van der Waals surface area contributed by atoms with Crippen LogP contribution in [0.2, 0.25) is 0 Å². The van der Waals surface area contributed by atoms with Crippen LogP contribution in [0.25, 0.3) is 0 Å². The molecular weight excluding hydrogens is 1170 g/mol. The highest BCUT2D eigenvalue weighted by Crippen LogP contribution is 2.75. The maximum absolute atomic E-state index is 15.6. The first-order chi connectivity index (χ1) is 41.2. The van der Waals surface area contributed by atoms with Crippen LogP contribution in [0.4, 0.5) is 0 Å². The van der Waals surface area contributed by atoms with Gasteiger partial charge in [-0.15, -0.1) is 0 Å². The van der Waals surface area contributed by atoms with Gasteiger partial charge in [0.05, 0.1) is 51.2 Å². The van der Waals surface area contributed by atoms with Gasteiger partial charge < -0.3 is 134 Å². The highest BCUT2D eigenvalue weighted by Gasteiger charge is 2.71. The normalized spacial score (nSPS) is 53.7. The zero-order chi connectivity index (χ0) is 64.3. The standard InChI is InChI=1S/C60H98O28/c1-55(2)14-15-60(23-81-52-47(77)43(73)38(68)29(85-52)21-79-50-45(75)40(70)35(65)26(18-61)82-50)25(16-55)24-8-9-32-57(5)12-11-34(56(3,4)31(57)10-13-58(32,6)59(24,7)17-33(60)64)87-54-49(88-53-48(78)42(72)37(67)28(20-63)84-53)44(74)39(69)30(86-54)22-80-51-46(76)41(71)36(66)27(19-62)83-51/h8,25-32,34-54,61-63,65-78H,9-23H2,1-7H3/t25?,26-,27-,28-,29-,30-,31?,32?,34+,35-,36-,37-,38-,39-,40+,41+,42+,43+,44+,45-,46-,47-,48-,49-,50-,51-,52-,53-,54?,57+,58-,59-,60-/m1/s1. The van der Waals surface area contributed by atoms with E-state index in [1.807, 2.05) is 0 Å². The van der Waals surface area contributed by atoms with Gasteiger partial charge in [-0.1, -0.05) is 60.1 Å². The maximum Gasteiger partial charge on any atom is 0.187 e. The van der Waals surface area contributed by atoms with Crippen molar-refractivity contribution in [2.75, 3.05) is 39.6 Å². The molecule has 5 aliphatic heterocycles. The molecule has 28 nitrogen and oxygen atoms in total. The Balaban J connectivity index is 0.874. The quantitative estimate of drug-likeness (QED) is 0.0511. The third-order valence-corrected chi connectivity index (χ3v) is 23.4. The van der Waals surface area contributed by atoms with Crippen LogP contribution < -0.4 is 0 Å². The number of carbonyl (C=O) groups is 1. The van der Waals surface area contributed by atoms with Gasteiger partial charge in [0.15, 0.2) is 31.5 Å². The molecule has 10 aliphatic rings. The predicted octanol–water partition coefficient (Wildman–Crippen LogP) is -4.56. The van der Waals surface area contributed by atoms with Crippen molar-refractivity contribution in [1.82, 2.24) is 0 Å². The van der Waals surface area contributed by atoms with E-state index >= 15 is 4.79 Å². The van der Waals surface area contributed by atoms with Crippen molar-refractivity contribution in [3.05, 3.63) is 11.6 Å². The van der Waals surface area contributed by atoms with Gasteiger partial charge in [0.1, 0.15) is 128 Å². The number of carbonyl (C=O) groups excluding carboxylic acids is 1. The van der Waals surface area contributed by atoms with Gasteiger partial charge in [-0.05, 0) is 90.8 Å². The summed E-state index contributed by atoms with van der Waals surface area (Å²) in [6, 6.07) is 0. The molecule has 5 saturated heterocycles. The van der Waals surface area contributed by atoms with Crippen LogP contribution in [0.3, 0.4) is 0 Å². The molecule has 0 spiro atoms. The van der Waals surface area contributed by atoms with E-state index in [2.05, 4.69) is 54.5 Å². The Bertz CT molecular complexity index is 2430. The van der Waals surface area contributed by atoms with Crippen LogP contribution in [0.1, 0.15) is 106 Å². The molecule has 9 fully saturated rings. The summed E-state index contributed by atoms with van der Waals surface area (Å²) < 4.78 is 60.1. The molecule has 28 heteroatoms. The van der Waals surface area contributed by atoms with Crippen LogP contribution in [0, 0.1) is 50.2 Å². The maximum atomic E-state index is 15.6. The van der Waals surface area contributed by atoms with E-state index in [1.54, 1.807) is 0 Å². The molecule has 88 heavy (non-hydrogen) atoms. The lowest BCUT2D eigenvalue weighted by Gasteiger charge is -2.71. The zero-order valence-electron chi connectivity index (χ0n) is 51.0. The summed E-state index contributed by atoms with van der Waals surface area (Å²) in [5.41, 5.74) is -2.12. The zero-order valence-corrected chi connectivity index (χ0v) is 51.0. The number of Topliss-reactive ketones (excluding diaryl/α,β-unsaturated/α-hetero) is 1. The number of ether oxygens (including phenoxy) is 10. The number of aliphatic hydroxyl groups is 17. The number of fused-ring (bicyclic) bond motifs is 7. The molecule has 10 rings (SSSR count). The molecule has 0 aromatic heterocycles. The summed E-state index contributed by atoms with van der Waals surface area (Å²) in [7, 11) is 0. The molecule has 4 saturated carbocycles. The number of rotatable bonds is 16. The van der Waals surface area contributed by atoms with Crippen molar-refractivity contribution in [2.24, 2.45) is 50.2 Å². The number of hydrogen-bond donors (Lipinski definition) is 17. The van der Waals surface area contributed by atoms with Crippen molar-refractivity contribution in [1.29, 1.82) is 0 Å². The molecular formula is C60H98O28. The monoisotopic (exact) mass is 1270 g/mol. The Morgan fingerprint density at radius 3 is 1.45 bits per heavy atom. The van der Waals surface area contributed by atoms with E-state index < -0.39 is 214 Å². The Morgan fingerprint density at radius 2 is 0.932 bits per heavy atom. The SMILES string of the molecule is CC1(C)CC[C@]2(CO[C@@H]3O[C@H](CO[C@@H]4O[C@H](CO)[C@@H](O)[C@H](O)[C@H]4O)[C@@H](O)[C@H](O)[C@H]3O)C(=O)C[C@]3(C)C(=CCC4[C@@]5(C)CC[C@H](OC6O[C@H](CO[C@@H]7O[C@H](CO)[C@@H](O)[C@H](O)[C@H]7O)[C@@H](O)[C@H](O)[C@H]6O[C@H]6O[C@H](CO)[C@@H](O)[C@H](O)[C@H]6O)C(C)(C)C5CC[C@]43C)C2C1. The summed E-state index contributed by atoms with van der Waals surface area (Å²) in [6.07, 6.45) is -34.5. The van der Waals surface area contributed by atoms with Gasteiger partial charge in [-0.3, -0.25) is 4.79 Å². The molecule has 0 bridgehead atoms. The average Bonchev–Trinajstić information content (AvgIpc) is 0.677. The third-order valence-electron chi connectivity index (χ3n) is 23.4. The lowest BCUT2D eigenvalue weighted by atomic mass is 9.33. The average molecular weight is 1270 g/mol. The van der Waals surface area contributed by atoms with Gasteiger partial charge in [-0.2, -0.15) is 0 Å². The van der Waals surface area contributed by atoms with Crippen LogP contribution in [-0.4, -0.2) is 292 Å². The summed E-state index contributed by atoms with van der Waals surface area (Å²) >= 11 is 0. The minimum atomic E-state index is -1.91. The van der Waals surface area contributed by atoms with Gasteiger partial charge in [0.25, 0.3) is 0 Å². The van der Waals surface area contributed by atoms with Crippen molar-refractivity contribution < 1.29 is 139 Å². The van der Waals surface area contributed by atoms with Crippen LogP contribution >= 0.6 is 0 Å². The molecule has 0 radical (unpaired) electrons. The lowest BCUT2D eigenvalue weighted by Crippen LogP contribution is -2.67. The molecule has 0 aromatic rings. The molecule has 0 aromatic carbocycles. The number of ketones is 1. The van der Waals surface area contributed by atoms with E-state index in [1.165, 1.54) is 5.57 Å². The minimum absolute atomic E-state index is 0.00444. The van der Waals surface area contributed by atoms with Crippen molar-refractivity contribution in [3.63, 3.8) is 0 Å². The van der Waals surface area contributed by atoms with Gasteiger partial charge in [0.2, 0.25) is 0 Å². The summed E-state index contributed by atoms with van der Waals surface area (Å²) in [5, 5.41) is 181. The second-order valence-corrected chi connectivity index (χ2v) is 29.2. The highest BCUT2D eigenvalue weighted by molar-refractivity contribution is 5.89. The first-order valence-corrected chi connectivity index (χ1v) is 31.3. The Hall–Kier alpha value is -1.67. The first kappa shape index (κ1) is 69.2. The molecule has 506 valence electrons. The fraction of sp³-hybridized carbons (Fsp3) is 0.950. The number of hydrogen-bond acceptors (Lipinski definition) is 28. The molecule has 33 atom stereocenters.